The first kappa shape index (κ1) is 28.1. The molecule has 1 aromatic carbocycles. The van der Waals surface area contributed by atoms with Crippen molar-refractivity contribution in [1.29, 1.82) is 0 Å². The first-order chi connectivity index (χ1) is 18.0. The van der Waals surface area contributed by atoms with E-state index in [0.29, 0.717) is 45.2 Å². The van der Waals surface area contributed by atoms with E-state index in [4.69, 9.17) is 4.74 Å². The zero-order valence-corrected chi connectivity index (χ0v) is 22.5. The molecule has 3 saturated heterocycles. The molecule has 0 aromatic heterocycles. The van der Waals surface area contributed by atoms with E-state index in [1.54, 1.807) is 9.80 Å². The van der Waals surface area contributed by atoms with Gasteiger partial charge in [0.25, 0.3) is 0 Å². The average molecular weight is 536 g/mol. The van der Waals surface area contributed by atoms with Gasteiger partial charge >= 0.3 is 6.09 Å². The Morgan fingerprint density at radius 3 is 2.24 bits per heavy atom. The van der Waals surface area contributed by atoms with Crippen molar-refractivity contribution in [1.82, 2.24) is 15.1 Å². The Balaban J connectivity index is 1.21. The summed E-state index contributed by atoms with van der Waals surface area (Å²) in [5, 5.41) is 5.07. The Hall–Kier alpha value is -2.95. The minimum atomic E-state index is -0.703. The van der Waals surface area contributed by atoms with Crippen LogP contribution in [-0.2, 0) is 14.3 Å². The van der Waals surface area contributed by atoms with E-state index in [1.807, 2.05) is 20.8 Å². The Bertz CT molecular complexity index is 1010. The van der Waals surface area contributed by atoms with Crippen LogP contribution in [0, 0.1) is 17.6 Å². The van der Waals surface area contributed by atoms with E-state index in [0.717, 1.165) is 25.8 Å². The number of benzene rings is 1. The molecule has 3 aliphatic heterocycles. The Morgan fingerprint density at radius 1 is 1.03 bits per heavy atom. The molecule has 0 radical (unpaired) electrons. The molecule has 0 spiro atoms. The van der Waals surface area contributed by atoms with Crippen molar-refractivity contribution in [2.24, 2.45) is 5.92 Å². The quantitative estimate of drug-likeness (QED) is 0.540. The van der Waals surface area contributed by atoms with Gasteiger partial charge in [-0.3, -0.25) is 19.8 Å². The van der Waals surface area contributed by atoms with Crippen molar-refractivity contribution in [2.45, 2.75) is 64.5 Å². The molecule has 1 atom stereocenters. The van der Waals surface area contributed by atoms with Gasteiger partial charge in [-0.2, -0.15) is 0 Å². The van der Waals surface area contributed by atoms with E-state index < -0.39 is 29.2 Å². The molecule has 11 heteroatoms. The van der Waals surface area contributed by atoms with Crippen LogP contribution in [0.15, 0.2) is 12.1 Å². The fraction of sp³-hybridized carbons (Fsp3) is 0.667. The predicted octanol–water partition coefficient (Wildman–Crippen LogP) is 3.34. The number of carbonyl (C=O) groups excluding carboxylic acids is 3. The number of likely N-dealkylation sites (tertiary alicyclic amines) is 1. The van der Waals surface area contributed by atoms with Crippen LogP contribution < -0.4 is 15.5 Å². The third-order valence-electron chi connectivity index (χ3n) is 7.41. The maximum Gasteiger partial charge on any atom is 0.410 e. The van der Waals surface area contributed by atoms with Gasteiger partial charge in [0.1, 0.15) is 17.3 Å². The number of amides is 3. The summed E-state index contributed by atoms with van der Waals surface area (Å²) in [4.78, 5) is 41.4. The summed E-state index contributed by atoms with van der Waals surface area (Å²) in [5.41, 5.74) is -0.362. The summed E-state index contributed by atoms with van der Waals surface area (Å²) in [6.07, 6.45) is 3.16. The number of piperazine rings is 1. The fourth-order valence-electron chi connectivity index (χ4n) is 5.27. The van der Waals surface area contributed by atoms with Crippen molar-refractivity contribution in [3.63, 3.8) is 0 Å². The number of halogens is 2. The van der Waals surface area contributed by atoms with Crippen LogP contribution in [0.4, 0.5) is 25.0 Å². The van der Waals surface area contributed by atoms with E-state index in [1.165, 1.54) is 12.1 Å². The minimum Gasteiger partial charge on any atom is -0.444 e. The maximum atomic E-state index is 14.9. The molecule has 1 aromatic rings. The summed E-state index contributed by atoms with van der Waals surface area (Å²) in [6.45, 7) is 10.4. The van der Waals surface area contributed by atoms with Crippen LogP contribution in [-0.4, -0.2) is 85.2 Å². The molecule has 1 unspecified atom stereocenters. The van der Waals surface area contributed by atoms with Crippen molar-refractivity contribution < 1.29 is 27.9 Å². The van der Waals surface area contributed by atoms with Gasteiger partial charge in [0.2, 0.25) is 11.8 Å². The van der Waals surface area contributed by atoms with E-state index in [2.05, 4.69) is 15.5 Å². The summed E-state index contributed by atoms with van der Waals surface area (Å²) < 4.78 is 35.4. The maximum absolute atomic E-state index is 14.9. The first-order valence-electron chi connectivity index (χ1n) is 13.5. The second-order valence-corrected chi connectivity index (χ2v) is 11.5. The van der Waals surface area contributed by atoms with E-state index in [-0.39, 0.29) is 36.2 Å². The number of nitrogens with one attached hydrogen (secondary N) is 2. The highest BCUT2D eigenvalue weighted by molar-refractivity contribution is 6.01. The highest BCUT2D eigenvalue weighted by Crippen LogP contribution is 2.29. The van der Waals surface area contributed by atoms with Crippen molar-refractivity contribution >= 4 is 29.3 Å². The zero-order chi connectivity index (χ0) is 27.4. The largest absolute Gasteiger partial charge is 0.444 e. The van der Waals surface area contributed by atoms with Crippen LogP contribution >= 0.6 is 0 Å². The Morgan fingerprint density at radius 2 is 1.66 bits per heavy atom. The molecule has 0 saturated carbocycles. The van der Waals surface area contributed by atoms with Gasteiger partial charge in [0, 0.05) is 51.4 Å². The topological polar surface area (TPSA) is 94.2 Å². The highest BCUT2D eigenvalue weighted by atomic mass is 19.1. The predicted molar refractivity (Wildman–Crippen MR) is 140 cm³/mol. The molecule has 3 fully saturated rings. The lowest BCUT2D eigenvalue weighted by Gasteiger charge is -2.38. The number of nitrogens with zero attached hydrogens (tertiary/aromatic N) is 3. The molecule has 3 amide bonds. The lowest BCUT2D eigenvalue weighted by atomic mass is 9.93. The van der Waals surface area contributed by atoms with Crippen LogP contribution in [0.2, 0.25) is 0 Å². The third-order valence-corrected chi connectivity index (χ3v) is 7.41. The van der Waals surface area contributed by atoms with E-state index in [9.17, 15) is 23.2 Å². The van der Waals surface area contributed by atoms with E-state index >= 15 is 0 Å². The molecule has 2 N–H and O–H groups in total. The van der Waals surface area contributed by atoms with Crippen LogP contribution in [0.1, 0.15) is 52.9 Å². The Kier molecular flexibility index (Phi) is 8.74. The number of anilines is 2. The van der Waals surface area contributed by atoms with Crippen molar-refractivity contribution in [3.8, 4) is 0 Å². The lowest BCUT2D eigenvalue weighted by Crippen LogP contribution is -2.48. The van der Waals surface area contributed by atoms with Gasteiger partial charge in [0.15, 0.2) is 11.6 Å². The molecule has 210 valence electrons. The molecular formula is C27H39F2N5O4. The lowest BCUT2D eigenvalue weighted by molar-refractivity contribution is -0.133. The summed E-state index contributed by atoms with van der Waals surface area (Å²) in [7, 11) is 0. The SMILES string of the molecule is CC(C)(C)OC(=O)N1CCC(CCN2CCN(c3c(F)cc(NC4CCC(=O)NC4=O)cc3F)CC2)CC1. The Labute approximate surface area is 222 Å². The van der Waals surface area contributed by atoms with Gasteiger partial charge in [0.05, 0.1) is 0 Å². The molecule has 38 heavy (non-hydrogen) atoms. The molecule has 9 nitrogen and oxygen atoms in total. The van der Waals surface area contributed by atoms with Gasteiger partial charge in [-0.15, -0.1) is 0 Å². The third kappa shape index (κ3) is 7.33. The molecule has 3 aliphatic rings. The highest BCUT2D eigenvalue weighted by Gasteiger charge is 2.29. The van der Waals surface area contributed by atoms with Gasteiger partial charge in [-0.1, -0.05) is 0 Å². The molecule has 3 heterocycles. The zero-order valence-electron chi connectivity index (χ0n) is 22.5. The molecule has 0 aliphatic carbocycles. The molecule has 0 bridgehead atoms. The second-order valence-electron chi connectivity index (χ2n) is 11.5. The average Bonchev–Trinajstić information content (AvgIpc) is 2.84. The van der Waals surface area contributed by atoms with Gasteiger partial charge in [-0.05, 0) is 71.0 Å². The number of piperidine rings is 2. The van der Waals surface area contributed by atoms with Crippen LogP contribution in [0.3, 0.4) is 0 Å². The van der Waals surface area contributed by atoms with Crippen LogP contribution in [0.25, 0.3) is 0 Å². The number of rotatable bonds is 6. The summed E-state index contributed by atoms with van der Waals surface area (Å²) in [5.74, 6) is -1.64. The number of carbonyl (C=O) groups is 3. The standard InChI is InChI=1S/C27H39F2N5O4/c1-27(2,3)38-26(37)34-10-7-18(8-11-34)6-9-32-12-14-33(15-13-32)24-20(28)16-19(17-21(24)29)30-22-4-5-23(35)31-25(22)36/h16-18,22,30H,4-15H2,1-3H3,(H,31,35,36). The van der Waals surface area contributed by atoms with Gasteiger partial charge < -0.3 is 19.9 Å². The van der Waals surface area contributed by atoms with Crippen molar-refractivity contribution in [2.75, 3.05) is 56.0 Å². The first-order valence-corrected chi connectivity index (χ1v) is 13.5. The minimum absolute atomic E-state index is 0.0482. The summed E-state index contributed by atoms with van der Waals surface area (Å²) in [6, 6.07) is 1.71. The number of hydrogen-bond acceptors (Lipinski definition) is 7. The number of ether oxygens (including phenoxy) is 1. The molecular weight excluding hydrogens is 496 g/mol. The molecule has 4 rings (SSSR count). The summed E-state index contributed by atoms with van der Waals surface area (Å²) >= 11 is 0. The monoisotopic (exact) mass is 535 g/mol. The number of hydrogen-bond donors (Lipinski definition) is 2. The fourth-order valence-corrected chi connectivity index (χ4v) is 5.27. The normalized spacial score (nSPS) is 21.9. The van der Waals surface area contributed by atoms with Gasteiger partial charge in [-0.25, -0.2) is 13.6 Å². The number of imide groups is 1. The second kappa shape index (κ2) is 11.8. The van der Waals surface area contributed by atoms with Crippen molar-refractivity contribution in [3.05, 3.63) is 23.8 Å². The van der Waals surface area contributed by atoms with Crippen LogP contribution in [0.5, 0.6) is 0 Å². The smallest absolute Gasteiger partial charge is 0.410 e.